The van der Waals surface area contributed by atoms with Crippen LogP contribution < -0.4 is 14.4 Å². The van der Waals surface area contributed by atoms with Gasteiger partial charge in [0.15, 0.2) is 5.13 Å². The highest BCUT2D eigenvalue weighted by Crippen LogP contribution is 2.40. The van der Waals surface area contributed by atoms with Crippen molar-refractivity contribution in [1.82, 2.24) is 14.3 Å². The van der Waals surface area contributed by atoms with Gasteiger partial charge in [0.25, 0.3) is 5.91 Å². The Bertz CT molecular complexity index is 1530. The lowest BCUT2D eigenvalue weighted by atomic mass is 10.1. The third-order valence-electron chi connectivity index (χ3n) is 6.89. The van der Waals surface area contributed by atoms with Crippen molar-refractivity contribution in [1.29, 1.82) is 0 Å². The van der Waals surface area contributed by atoms with E-state index in [1.807, 2.05) is 19.1 Å². The number of benzene rings is 2. The average molecular weight is 567 g/mol. The van der Waals surface area contributed by atoms with Crippen LogP contribution in [-0.4, -0.2) is 55.4 Å². The van der Waals surface area contributed by atoms with Gasteiger partial charge in [-0.3, -0.25) is 14.7 Å². The number of aromatic nitrogens is 2. The summed E-state index contributed by atoms with van der Waals surface area (Å²) in [6, 6.07) is 13.4. The smallest absolute Gasteiger partial charge is 0.260 e. The first-order chi connectivity index (χ1) is 18.8. The number of piperidine rings is 1. The topological polar surface area (TPSA) is 102 Å². The number of hydrogen-bond donors (Lipinski definition) is 0. The molecule has 204 valence electrons. The SMILES string of the molecule is COc1ccc(OC)c2sc(N(Cc3cccnc3)C(=O)c3ccc(S(=O)(=O)N4CCCCC4C)cc3)nc12. The summed E-state index contributed by atoms with van der Waals surface area (Å²) in [7, 11) is -0.494. The maximum atomic E-state index is 13.9. The van der Waals surface area contributed by atoms with Gasteiger partial charge in [-0.05, 0) is 67.8 Å². The van der Waals surface area contributed by atoms with Crippen LogP contribution in [-0.2, 0) is 16.6 Å². The second-order valence-electron chi connectivity index (χ2n) is 9.38. The zero-order valence-electron chi connectivity index (χ0n) is 22.0. The lowest BCUT2D eigenvalue weighted by Gasteiger charge is -2.32. The summed E-state index contributed by atoms with van der Waals surface area (Å²) in [6.45, 7) is 2.67. The van der Waals surface area contributed by atoms with Gasteiger partial charge >= 0.3 is 0 Å². The van der Waals surface area contributed by atoms with E-state index in [9.17, 15) is 13.2 Å². The molecule has 1 saturated heterocycles. The van der Waals surface area contributed by atoms with Gasteiger partial charge in [0.05, 0.1) is 25.7 Å². The van der Waals surface area contributed by atoms with Crippen molar-refractivity contribution < 1.29 is 22.7 Å². The van der Waals surface area contributed by atoms with E-state index in [1.165, 1.54) is 23.5 Å². The van der Waals surface area contributed by atoms with Gasteiger partial charge in [-0.15, -0.1) is 0 Å². The number of thiazole rings is 1. The standard InChI is InChI=1S/C28H30N4O5S2/c1-19-7-4-5-16-32(19)39(34,35)22-11-9-21(10-12-22)27(33)31(18-20-8-6-15-29-17-20)28-30-25-23(36-2)13-14-24(37-3)26(25)38-28/h6,8-15,17,19H,4-5,7,16,18H2,1-3H3. The van der Waals surface area contributed by atoms with Crippen LogP contribution in [0.3, 0.4) is 0 Å². The van der Waals surface area contributed by atoms with Crippen molar-refractivity contribution in [3.05, 3.63) is 72.1 Å². The van der Waals surface area contributed by atoms with E-state index in [0.717, 1.165) is 29.5 Å². The summed E-state index contributed by atoms with van der Waals surface area (Å²) in [5, 5.41) is 0.459. The first kappa shape index (κ1) is 27.0. The molecule has 3 heterocycles. The van der Waals surface area contributed by atoms with Crippen LogP contribution in [0.15, 0.2) is 65.8 Å². The molecular formula is C28H30N4O5S2. The number of amides is 1. The molecule has 2 aromatic heterocycles. The minimum Gasteiger partial charge on any atom is -0.495 e. The van der Waals surface area contributed by atoms with Gasteiger partial charge in [-0.2, -0.15) is 4.31 Å². The molecular weight excluding hydrogens is 536 g/mol. The van der Waals surface area contributed by atoms with Crippen LogP contribution in [0, 0.1) is 0 Å². The number of ether oxygens (including phenoxy) is 2. The maximum Gasteiger partial charge on any atom is 0.260 e. The average Bonchev–Trinajstić information content (AvgIpc) is 3.41. The first-order valence-corrected chi connectivity index (χ1v) is 14.9. The van der Waals surface area contributed by atoms with Crippen LogP contribution in [0.1, 0.15) is 42.1 Å². The highest BCUT2D eigenvalue weighted by molar-refractivity contribution is 7.89. The Kier molecular flexibility index (Phi) is 7.83. The number of carbonyl (C=O) groups excluding carboxylic acids is 1. The highest BCUT2D eigenvalue weighted by atomic mass is 32.2. The number of anilines is 1. The van der Waals surface area contributed by atoms with Crippen molar-refractivity contribution in [3.8, 4) is 11.5 Å². The minimum atomic E-state index is -3.65. The molecule has 5 rings (SSSR count). The molecule has 4 aromatic rings. The Labute approximate surface area is 232 Å². The lowest BCUT2D eigenvalue weighted by Crippen LogP contribution is -2.41. The van der Waals surface area contributed by atoms with E-state index in [4.69, 9.17) is 14.5 Å². The largest absolute Gasteiger partial charge is 0.495 e. The fourth-order valence-corrected chi connectivity index (χ4v) is 7.55. The van der Waals surface area contributed by atoms with E-state index in [2.05, 4.69) is 4.98 Å². The fraction of sp³-hybridized carbons (Fsp3) is 0.321. The minimum absolute atomic E-state index is 0.0481. The number of pyridine rings is 1. The molecule has 1 unspecified atom stereocenters. The second-order valence-corrected chi connectivity index (χ2v) is 12.2. The van der Waals surface area contributed by atoms with E-state index >= 15 is 0 Å². The number of hydrogen-bond acceptors (Lipinski definition) is 8. The Hall–Kier alpha value is -3.54. The number of nitrogens with zero attached hydrogens (tertiary/aromatic N) is 4. The van der Waals surface area contributed by atoms with Crippen molar-refractivity contribution in [3.63, 3.8) is 0 Å². The fourth-order valence-electron chi connectivity index (χ4n) is 4.78. The molecule has 0 N–H and O–H groups in total. The molecule has 1 amide bonds. The molecule has 1 aliphatic heterocycles. The molecule has 11 heteroatoms. The Balaban J connectivity index is 1.51. The molecule has 1 fully saturated rings. The molecule has 9 nitrogen and oxygen atoms in total. The number of fused-ring (bicyclic) bond motifs is 1. The van der Waals surface area contributed by atoms with Crippen LogP contribution in [0.25, 0.3) is 10.2 Å². The molecule has 0 saturated carbocycles. The number of methoxy groups -OCH3 is 2. The summed E-state index contributed by atoms with van der Waals surface area (Å²) in [5.41, 5.74) is 1.77. The van der Waals surface area contributed by atoms with E-state index in [-0.39, 0.29) is 23.4 Å². The Morgan fingerprint density at radius 2 is 1.82 bits per heavy atom. The molecule has 0 bridgehead atoms. The predicted molar refractivity (Wildman–Crippen MR) is 151 cm³/mol. The molecule has 39 heavy (non-hydrogen) atoms. The molecule has 0 aliphatic carbocycles. The highest BCUT2D eigenvalue weighted by Gasteiger charge is 2.31. The summed E-state index contributed by atoms with van der Waals surface area (Å²) in [5.74, 6) is 0.888. The third kappa shape index (κ3) is 5.34. The predicted octanol–water partition coefficient (Wildman–Crippen LogP) is 5.12. The second kappa shape index (κ2) is 11.3. The van der Waals surface area contributed by atoms with Crippen LogP contribution >= 0.6 is 11.3 Å². The van der Waals surface area contributed by atoms with Crippen molar-refractivity contribution in [2.75, 3.05) is 25.7 Å². The zero-order chi connectivity index (χ0) is 27.6. The van der Waals surface area contributed by atoms with Gasteiger partial charge in [-0.25, -0.2) is 13.4 Å². The van der Waals surface area contributed by atoms with Crippen molar-refractivity contribution >= 4 is 42.6 Å². The van der Waals surface area contributed by atoms with Crippen LogP contribution in [0.4, 0.5) is 5.13 Å². The van der Waals surface area contributed by atoms with Gasteiger partial charge < -0.3 is 9.47 Å². The normalized spacial score (nSPS) is 16.2. The van der Waals surface area contributed by atoms with Gasteiger partial charge in [0.2, 0.25) is 10.0 Å². The van der Waals surface area contributed by atoms with Crippen LogP contribution in [0.2, 0.25) is 0 Å². The van der Waals surface area contributed by atoms with Crippen LogP contribution in [0.5, 0.6) is 11.5 Å². The summed E-state index contributed by atoms with van der Waals surface area (Å²) < 4.78 is 39.9. The Morgan fingerprint density at radius 1 is 1.08 bits per heavy atom. The molecule has 1 aliphatic rings. The third-order valence-corrected chi connectivity index (χ3v) is 10.0. The maximum absolute atomic E-state index is 13.9. The molecule has 2 aromatic carbocycles. The quantitative estimate of drug-likeness (QED) is 0.292. The van der Waals surface area contributed by atoms with Gasteiger partial charge in [-0.1, -0.05) is 23.8 Å². The Morgan fingerprint density at radius 3 is 2.49 bits per heavy atom. The monoisotopic (exact) mass is 566 g/mol. The van der Waals surface area contributed by atoms with Gasteiger partial charge in [0.1, 0.15) is 21.7 Å². The molecule has 0 spiro atoms. The van der Waals surface area contributed by atoms with Crippen molar-refractivity contribution in [2.24, 2.45) is 0 Å². The molecule has 1 atom stereocenters. The summed E-state index contributed by atoms with van der Waals surface area (Å²) in [4.78, 5) is 24.6. The van der Waals surface area contributed by atoms with Crippen molar-refractivity contribution in [2.45, 2.75) is 43.7 Å². The molecule has 0 radical (unpaired) electrons. The van der Waals surface area contributed by atoms with Gasteiger partial charge in [0, 0.05) is 30.5 Å². The first-order valence-electron chi connectivity index (χ1n) is 12.7. The number of rotatable bonds is 8. The van der Waals surface area contributed by atoms with E-state index in [0.29, 0.717) is 34.3 Å². The number of sulfonamides is 1. The number of carbonyl (C=O) groups is 1. The summed E-state index contributed by atoms with van der Waals surface area (Å²) in [6.07, 6.45) is 6.09. The zero-order valence-corrected chi connectivity index (χ0v) is 23.7. The van der Waals surface area contributed by atoms with E-state index in [1.54, 1.807) is 60.1 Å². The summed E-state index contributed by atoms with van der Waals surface area (Å²) >= 11 is 1.32. The lowest BCUT2D eigenvalue weighted by molar-refractivity contribution is 0.0985. The van der Waals surface area contributed by atoms with E-state index < -0.39 is 10.0 Å².